The number of aryl methyl sites for hydroxylation is 1. The first-order chi connectivity index (χ1) is 8.40. The first kappa shape index (κ1) is 14.8. The van der Waals surface area contributed by atoms with E-state index in [1.807, 2.05) is 7.05 Å². The molecule has 0 aliphatic carbocycles. The monoisotopic (exact) mass is 261 g/mol. The molecule has 18 heavy (non-hydrogen) atoms. The lowest BCUT2D eigenvalue weighted by Gasteiger charge is -2.11. The maximum atomic E-state index is 11.9. The molecular weight excluding hydrogens is 243 g/mol. The van der Waals surface area contributed by atoms with E-state index in [1.54, 1.807) is 12.1 Å². The van der Waals surface area contributed by atoms with Gasteiger partial charge in [0.1, 0.15) is 5.75 Å². The molecule has 0 saturated heterocycles. The highest BCUT2D eigenvalue weighted by molar-refractivity contribution is 5.27. The lowest BCUT2D eigenvalue weighted by atomic mass is 10.1. The second kappa shape index (κ2) is 6.64. The highest BCUT2D eigenvalue weighted by Crippen LogP contribution is 2.23. The third kappa shape index (κ3) is 5.91. The Morgan fingerprint density at radius 1 is 1.22 bits per heavy atom. The van der Waals surface area contributed by atoms with E-state index >= 15 is 0 Å². The van der Waals surface area contributed by atoms with Crippen molar-refractivity contribution >= 4 is 0 Å². The van der Waals surface area contributed by atoms with Crippen LogP contribution in [-0.4, -0.2) is 19.5 Å². The number of benzene rings is 1. The van der Waals surface area contributed by atoms with Crippen molar-refractivity contribution in [1.29, 1.82) is 0 Å². The van der Waals surface area contributed by atoms with Gasteiger partial charge < -0.3 is 10.1 Å². The Bertz CT molecular complexity index is 348. The Balaban J connectivity index is 2.41. The molecule has 1 N–H and O–H groups in total. The summed E-state index contributed by atoms with van der Waals surface area (Å²) >= 11 is 0. The van der Waals surface area contributed by atoms with Gasteiger partial charge in [-0.1, -0.05) is 12.1 Å². The maximum absolute atomic E-state index is 11.9. The van der Waals surface area contributed by atoms with Crippen molar-refractivity contribution < 1.29 is 17.9 Å². The highest BCUT2D eigenvalue weighted by Gasteiger charge is 2.30. The molecule has 0 saturated carbocycles. The third-order valence-electron chi connectivity index (χ3n) is 2.75. The Hall–Kier alpha value is -1.23. The maximum Gasteiger partial charge on any atom is 0.573 e. The molecule has 0 fully saturated rings. The van der Waals surface area contributed by atoms with Crippen molar-refractivity contribution in [3.63, 3.8) is 0 Å². The quantitative estimate of drug-likeness (QED) is 0.846. The molecule has 102 valence electrons. The zero-order valence-electron chi connectivity index (χ0n) is 10.6. The van der Waals surface area contributed by atoms with Gasteiger partial charge in [-0.2, -0.15) is 0 Å². The topological polar surface area (TPSA) is 21.3 Å². The Kier molecular flexibility index (Phi) is 5.47. The minimum absolute atomic E-state index is 0.171. The molecule has 2 nitrogen and oxygen atoms in total. The standard InChI is InChI=1S/C13H18F3NO/c1-10(17-2)4-3-5-11-6-8-12(9-7-11)18-13(14,15)16/h6-10,17H,3-5H2,1-2H3. The number of alkyl halides is 3. The zero-order chi connectivity index (χ0) is 13.6. The molecule has 0 heterocycles. The minimum Gasteiger partial charge on any atom is -0.406 e. The summed E-state index contributed by atoms with van der Waals surface area (Å²) in [6.45, 7) is 2.10. The van der Waals surface area contributed by atoms with Crippen molar-refractivity contribution in [3.8, 4) is 5.75 Å². The third-order valence-corrected chi connectivity index (χ3v) is 2.75. The van der Waals surface area contributed by atoms with Gasteiger partial charge in [0, 0.05) is 6.04 Å². The van der Waals surface area contributed by atoms with Crippen molar-refractivity contribution in [2.24, 2.45) is 0 Å². The summed E-state index contributed by atoms with van der Waals surface area (Å²) in [7, 11) is 1.91. The minimum atomic E-state index is -4.62. The molecular formula is C13H18F3NO. The van der Waals surface area contributed by atoms with Crippen molar-refractivity contribution in [1.82, 2.24) is 5.32 Å². The van der Waals surface area contributed by atoms with Gasteiger partial charge in [0.25, 0.3) is 0 Å². The van der Waals surface area contributed by atoms with Gasteiger partial charge >= 0.3 is 6.36 Å². The predicted molar refractivity (Wildman–Crippen MR) is 64.6 cm³/mol. The lowest BCUT2D eigenvalue weighted by Crippen LogP contribution is -2.20. The molecule has 0 spiro atoms. The fourth-order valence-electron chi connectivity index (χ4n) is 1.61. The van der Waals surface area contributed by atoms with Crippen LogP contribution < -0.4 is 10.1 Å². The van der Waals surface area contributed by atoms with Crippen LogP contribution in [0.4, 0.5) is 13.2 Å². The number of hydrogen-bond donors (Lipinski definition) is 1. The van der Waals surface area contributed by atoms with E-state index in [0.29, 0.717) is 6.04 Å². The second-order valence-electron chi connectivity index (χ2n) is 4.27. The van der Waals surface area contributed by atoms with Crippen LogP contribution in [0.2, 0.25) is 0 Å². The molecule has 0 amide bonds. The van der Waals surface area contributed by atoms with E-state index in [9.17, 15) is 13.2 Å². The van der Waals surface area contributed by atoms with Gasteiger partial charge in [0.2, 0.25) is 0 Å². The first-order valence-corrected chi connectivity index (χ1v) is 5.92. The van der Waals surface area contributed by atoms with Gasteiger partial charge in [0.15, 0.2) is 0 Å². The van der Waals surface area contributed by atoms with Crippen molar-refractivity contribution in [2.75, 3.05) is 7.05 Å². The van der Waals surface area contributed by atoms with Gasteiger partial charge in [-0.3, -0.25) is 0 Å². The summed E-state index contributed by atoms with van der Waals surface area (Å²) in [6.07, 6.45) is -1.72. The molecule has 0 bridgehead atoms. The van der Waals surface area contributed by atoms with Crippen LogP contribution in [-0.2, 0) is 6.42 Å². The number of halogens is 3. The fraction of sp³-hybridized carbons (Fsp3) is 0.538. The summed E-state index contributed by atoms with van der Waals surface area (Å²) in [5.74, 6) is -0.171. The van der Waals surface area contributed by atoms with Gasteiger partial charge in [-0.15, -0.1) is 13.2 Å². The first-order valence-electron chi connectivity index (χ1n) is 5.92. The largest absolute Gasteiger partial charge is 0.573 e. The van der Waals surface area contributed by atoms with Gasteiger partial charge in [-0.05, 0) is 50.9 Å². The Morgan fingerprint density at radius 2 is 1.83 bits per heavy atom. The van der Waals surface area contributed by atoms with Crippen LogP contribution in [0.25, 0.3) is 0 Å². The summed E-state index contributed by atoms with van der Waals surface area (Å²) in [5, 5.41) is 3.14. The molecule has 1 aromatic carbocycles. The summed E-state index contributed by atoms with van der Waals surface area (Å²) < 4.78 is 39.6. The van der Waals surface area contributed by atoms with Gasteiger partial charge in [-0.25, -0.2) is 0 Å². The smallest absolute Gasteiger partial charge is 0.406 e. The molecule has 1 rings (SSSR count). The predicted octanol–water partition coefficient (Wildman–Crippen LogP) is 3.52. The van der Waals surface area contributed by atoms with Crippen LogP contribution in [0.5, 0.6) is 5.75 Å². The number of rotatable bonds is 6. The molecule has 0 aliphatic rings. The Morgan fingerprint density at radius 3 is 2.33 bits per heavy atom. The van der Waals surface area contributed by atoms with E-state index in [1.165, 1.54) is 12.1 Å². The SMILES string of the molecule is CNC(C)CCCc1ccc(OC(F)(F)F)cc1. The summed E-state index contributed by atoms with van der Waals surface area (Å²) in [5.41, 5.74) is 1.02. The number of ether oxygens (including phenoxy) is 1. The molecule has 5 heteroatoms. The zero-order valence-corrected chi connectivity index (χ0v) is 10.6. The average Bonchev–Trinajstić information content (AvgIpc) is 2.29. The van der Waals surface area contributed by atoms with E-state index in [4.69, 9.17) is 0 Å². The molecule has 0 aromatic heterocycles. The molecule has 1 aromatic rings. The van der Waals surface area contributed by atoms with E-state index in [2.05, 4.69) is 17.0 Å². The normalized spacial score (nSPS) is 13.4. The second-order valence-corrected chi connectivity index (χ2v) is 4.27. The number of hydrogen-bond acceptors (Lipinski definition) is 2. The van der Waals surface area contributed by atoms with Crippen molar-refractivity contribution in [3.05, 3.63) is 29.8 Å². The number of nitrogens with one attached hydrogen (secondary N) is 1. The molecule has 0 radical (unpaired) electrons. The van der Waals surface area contributed by atoms with Crippen LogP contribution in [0.1, 0.15) is 25.3 Å². The fourth-order valence-corrected chi connectivity index (χ4v) is 1.61. The molecule has 1 unspecified atom stereocenters. The Labute approximate surface area is 105 Å². The van der Waals surface area contributed by atoms with Crippen LogP contribution in [0.15, 0.2) is 24.3 Å². The van der Waals surface area contributed by atoms with Gasteiger partial charge in [0.05, 0.1) is 0 Å². The van der Waals surface area contributed by atoms with E-state index < -0.39 is 6.36 Å². The summed E-state index contributed by atoms with van der Waals surface area (Å²) in [4.78, 5) is 0. The van der Waals surface area contributed by atoms with E-state index in [-0.39, 0.29) is 5.75 Å². The summed E-state index contributed by atoms with van der Waals surface area (Å²) in [6, 6.07) is 6.50. The van der Waals surface area contributed by atoms with Crippen LogP contribution in [0, 0.1) is 0 Å². The molecule has 0 aliphatic heterocycles. The lowest BCUT2D eigenvalue weighted by molar-refractivity contribution is -0.274. The van der Waals surface area contributed by atoms with E-state index in [0.717, 1.165) is 24.8 Å². The van der Waals surface area contributed by atoms with Crippen molar-refractivity contribution in [2.45, 2.75) is 38.6 Å². The van der Waals surface area contributed by atoms with Crippen LogP contribution >= 0.6 is 0 Å². The average molecular weight is 261 g/mol. The molecule has 1 atom stereocenters. The highest BCUT2D eigenvalue weighted by atomic mass is 19.4. The van der Waals surface area contributed by atoms with Crippen LogP contribution in [0.3, 0.4) is 0 Å².